The fourth-order valence-corrected chi connectivity index (χ4v) is 3.73. The van der Waals surface area contributed by atoms with Crippen LogP contribution >= 0.6 is 15.9 Å². The van der Waals surface area contributed by atoms with Gasteiger partial charge < -0.3 is 15.3 Å². The van der Waals surface area contributed by atoms with Crippen LogP contribution in [0.4, 0.5) is 5.82 Å². The van der Waals surface area contributed by atoms with Crippen molar-refractivity contribution in [2.24, 2.45) is 0 Å². The first-order valence-electron chi connectivity index (χ1n) is 9.21. The lowest BCUT2D eigenvalue weighted by atomic mass is 10.1. The molecule has 0 fully saturated rings. The maximum atomic E-state index is 11.2. The minimum Gasteiger partial charge on any atom is -0.475 e. The average Bonchev–Trinajstić information content (AvgIpc) is 3.45. The number of rotatable bonds is 4. The second-order valence-corrected chi connectivity index (χ2v) is 7.51. The summed E-state index contributed by atoms with van der Waals surface area (Å²) in [4.78, 5) is 20.4. The van der Waals surface area contributed by atoms with Gasteiger partial charge in [0.05, 0.1) is 16.4 Å². The highest BCUT2D eigenvalue weighted by atomic mass is 79.9. The van der Waals surface area contributed by atoms with Crippen LogP contribution < -0.4 is 5.73 Å². The molecule has 0 unspecified atom stereocenters. The predicted molar refractivity (Wildman–Crippen MR) is 118 cm³/mol. The third kappa shape index (κ3) is 3.24. The molecule has 0 radical (unpaired) electrons. The van der Waals surface area contributed by atoms with E-state index in [4.69, 9.17) is 15.3 Å². The van der Waals surface area contributed by atoms with Crippen LogP contribution in [-0.2, 0) is 0 Å². The highest BCUT2D eigenvalue weighted by molar-refractivity contribution is 9.10. The number of aromatic carboxylic acids is 1. The highest BCUT2D eigenvalue weighted by Crippen LogP contribution is 2.35. The molecular weight excluding hydrogens is 462 g/mol. The quantitative estimate of drug-likeness (QED) is 0.384. The Labute approximate surface area is 184 Å². The predicted octanol–water partition coefficient (Wildman–Crippen LogP) is 4.76. The molecule has 0 atom stereocenters. The number of hydrogen-bond donors (Lipinski definition) is 2. The van der Waals surface area contributed by atoms with Gasteiger partial charge in [-0.05, 0) is 34.1 Å². The zero-order chi connectivity index (χ0) is 21.5. The van der Waals surface area contributed by atoms with Crippen LogP contribution in [0.2, 0.25) is 0 Å². The number of furan rings is 1. The maximum Gasteiger partial charge on any atom is 0.371 e. The summed E-state index contributed by atoms with van der Waals surface area (Å²) in [5.74, 6) is -0.751. The molecule has 0 saturated heterocycles. The molecular formula is C22H14BrN5O3. The van der Waals surface area contributed by atoms with Gasteiger partial charge in [0.2, 0.25) is 5.76 Å². The molecule has 0 amide bonds. The Morgan fingerprint density at radius 1 is 1.03 bits per heavy atom. The van der Waals surface area contributed by atoms with Gasteiger partial charge in [-0.3, -0.25) is 4.98 Å². The molecule has 0 aliphatic rings. The Bertz CT molecular complexity index is 1430. The second kappa shape index (κ2) is 7.37. The third-order valence-electron chi connectivity index (χ3n) is 4.82. The molecule has 0 spiro atoms. The van der Waals surface area contributed by atoms with Crippen molar-refractivity contribution in [1.29, 1.82) is 0 Å². The summed E-state index contributed by atoms with van der Waals surface area (Å²) in [5.41, 5.74) is 10.6. The van der Waals surface area contributed by atoms with Crippen molar-refractivity contribution in [3.8, 4) is 33.8 Å². The van der Waals surface area contributed by atoms with Crippen molar-refractivity contribution >= 4 is 33.4 Å². The van der Waals surface area contributed by atoms with Crippen molar-refractivity contribution < 1.29 is 14.3 Å². The first kappa shape index (κ1) is 19.0. The van der Waals surface area contributed by atoms with Gasteiger partial charge in [-0.1, -0.05) is 36.4 Å². The number of aromatic nitrogens is 4. The molecule has 9 heteroatoms. The number of carboxylic acids is 1. The number of pyridine rings is 1. The number of halogens is 1. The van der Waals surface area contributed by atoms with E-state index in [1.54, 1.807) is 18.5 Å². The molecule has 8 nitrogen and oxygen atoms in total. The fraction of sp³-hybridized carbons (Fsp3) is 0. The van der Waals surface area contributed by atoms with E-state index >= 15 is 0 Å². The van der Waals surface area contributed by atoms with Crippen molar-refractivity contribution in [3.63, 3.8) is 0 Å². The summed E-state index contributed by atoms with van der Waals surface area (Å²) in [7, 11) is 0. The topological polar surface area (TPSA) is 120 Å². The summed E-state index contributed by atoms with van der Waals surface area (Å²) >= 11 is 3.42. The lowest BCUT2D eigenvalue weighted by molar-refractivity contribution is 0.0663. The summed E-state index contributed by atoms with van der Waals surface area (Å²) in [6.45, 7) is 0. The molecule has 1 aromatic carbocycles. The summed E-state index contributed by atoms with van der Waals surface area (Å²) in [5, 5.41) is 13.5. The van der Waals surface area contributed by atoms with Crippen LogP contribution in [0.5, 0.6) is 0 Å². The van der Waals surface area contributed by atoms with E-state index in [1.807, 2.05) is 42.5 Å². The van der Waals surface area contributed by atoms with Crippen molar-refractivity contribution in [2.45, 2.75) is 0 Å². The second-order valence-electron chi connectivity index (χ2n) is 6.72. The number of benzene rings is 1. The number of fused-ring (bicyclic) bond motifs is 1. The monoisotopic (exact) mass is 475 g/mol. The largest absolute Gasteiger partial charge is 0.475 e. The lowest BCUT2D eigenvalue weighted by Crippen LogP contribution is -2.03. The fourth-order valence-electron chi connectivity index (χ4n) is 3.27. The van der Waals surface area contributed by atoms with Crippen LogP contribution in [0.3, 0.4) is 0 Å². The minimum atomic E-state index is -1.16. The number of anilines is 1. The van der Waals surface area contributed by atoms with Gasteiger partial charge in [0, 0.05) is 22.9 Å². The van der Waals surface area contributed by atoms with E-state index in [2.05, 4.69) is 31.0 Å². The number of nitrogens with two attached hydrogens (primary N) is 1. The number of nitrogens with zero attached hydrogens (tertiary/aromatic N) is 4. The van der Waals surface area contributed by atoms with Crippen LogP contribution in [0.25, 0.3) is 39.5 Å². The smallest absolute Gasteiger partial charge is 0.371 e. The van der Waals surface area contributed by atoms with E-state index in [9.17, 15) is 4.79 Å². The Balaban J connectivity index is 1.62. The Hall–Kier alpha value is -3.98. The van der Waals surface area contributed by atoms with E-state index < -0.39 is 5.97 Å². The normalized spacial score (nSPS) is 11.1. The van der Waals surface area contributed by atoms with E-state index in [-0.39, 0.29) is 11.5 Å². The van der Waals surface area contributed by atoms with Crippen LogP contribution in [0.15, 0.2) is 75.9 Å². The lowest BCUT2D eigenvalue weighted by Gasteiger charge is -2.08. The van der Waals surface area contributed by atoms with Gasteiger partial charge >= 0.3 is 5.97 Å². The molecule has 5 rings (SSSR count). The molecule has 5 aromatic rings. The molecule has 0 aliphatic heterocycles. The van der Waals surface area contributed by atoms with Crippen LogP contribution in [0, 0.1) is 0 Å². The Morgan fingerprint density at radius 3 is 2.52 bits per heavy atom. The van der Waals surface area contributed by atoms with Crippen molar-refractivity contribution in [2.75, 3.05) is 5.73 Å². The van der Waals surface area contributed by atoms with Crippen molar-refractivity contribution in [1.82, 2.24) is 19.6 Å². The van der Waals surface area contributed by atoms with Crippen molar-refractivity contribution in [3.05, 3.63) is 77.2 Å². The average molecular weight is 476 g/mol. The number of carbonyl (C=O) groups is 1. The molecule has 0 aliphatic carbocycles. The van der Waals surface area contributed by atoms with Gasteiger partial charge in [-0.15, -0.1) is 0 Å². The van der Waals surface area contributed by atoms with Gasteiger partial charge in [0.15, 0.2) is 11.4 Å². The molecule has 152 valence electrons. The molecule has 3 N–H and O–H groups in total. The van der Waals surface area contributed by atoms with Crippen LogP contribution in [0.1, 0.15) is 10.6 Å². The van der Waals surface area contributed by atoms with Gasteiger partial charge in [0.1, 0.15) is 11.5 Å². The van der Waals surface area contributed by atoms with Gasteiger partial charge in [-0.2, -0.15) is 9.61 Å². The Morgan fingerprint density at radius 2 is 1.84 bits per heavy atom. The first-order chi connectivity index (χ1) is 15.0. The molecule has 0 bridgehead atoms. The van der Waals surface area contributed by atoms with Gasteiger partial charge in [0.25, 0.3) is 0 Å². The first-order valence-corrected chi connectivity index (χ1v) is 10.0. The van der Waals surface area contributed by atoms with E-state index in [0.29, 0.717) is 21.6 Å². The maximum absolute atomic E-state index is 11.2. The summed E-state index contributed by atoms with van der Waals surface area (Å²) < 4.78 is 7.38. The minimum absolute atomic E-state index is 0.184. The number of nitrogen functional groups attached to an aromatic ring is 1. The third-order valence-corrected chi connectivity index (χ3v) is 5.60. The summed E-state index contributed by atoms with van der Waals surface area (Å²) in [6.07, 6.45) is 3.42. The SMILES string of the molecule is Nc1c(Br)c(-c2ccc(C(=O)O)o2)nc2c(-c3ccc(-c4ccccc4)nc3)cnn12. The van der Waals surface area contributed by atoms with Crippen LogP contribution in [-0.4, -0.2) is 30.7 Å². The zero-order valence-corrected chi connectivity index (χ0v) is 17.4. The Kier molecular flexibility index (Phi) is 4.52. The number of carboxylic acid groups (broad SMARTS) is 1. The summed E-state index contributed by atoms with van der Waals surface area (Å²) in [6, 6.07) is 16.7. The zero-order valence-electron chi connectivity index (χ0n) is 15.9. The molecule has 4 aromatic heterocycles. The molecule has 4 heterocycles. The molecule has 31 heavy (non-hydrogen) atoms. The standard InChI is InChI=1S/C22H14BrN5O3/c23-18-19(16-8-9-17(31-16)22(29)30)27-21-14(11-26-28(21)20(18)24)13-6-7-15(25-10-13)12-4-2-1-3-5-12/h1-11H,24H2,(H,29,30). The number of hydrogen-bond acceptors (Lipinski definition) is 6. The highest BCUT2D eigenvalue weighted by Gasteiger charge is 2.20. The van der Waals surface area contributed by atoms with Gasteiger partial charge in [-0.25, -0.2) is 9.78 Å². The van der Waals surface area contributed by atoms with E-state index in [0.717, 1.165) is 22.4 Å². The molecule has 0 saturated carbocycles. The van der Waals surface area contributed by atoms with E-state index in [1.165, 1.54) is 10.6 Å².